The molecule has 0 aromatic rings. The van der Waals surface area contributed by atoms with Crippen LogP contribution in [0.4, 0.5) is 0 Å². The van der Waals surface area contributed by atoms with Gasteiger partial charge < -0.3 is 10.5 Å². The van der Waals surface area contributed by atoms with Gasteiger partial charge in [-0.25, -0.2) is 0 Å². The Morgan fingerprint density at radius 2 is 2.11 bits per heavy atom. The molecule has 1 aliphatic rings. The summed E-state index contributed by atoms with van der Waals surface area (Å²) in [6, 6.07) is 0. The zero-order valence-corrected chi connectivity index (χ0v) is 4.89. The van der Waals surface area contributed by atoms with Crippen LogP contribution in [0.25, 0.3) is 0 Å². The minimum atomic E-state index is 0.0856. The van der Waals surface area contributed by atoms with Crippen molar-refractivity contribution in [3.8, 4) is 0 Å². The fourth-order valence-corrected chi connectivity index (χ4v) is 0.564. The Balaban J connectivity index is 2.95. The summed E-state index contributed by atoms with van der Waals surface area (Å²) in [6.07, 6.45) is 4.56. The SMILES string of the molecule is C=C1C=CC(=N)C=C1O. The Labute approximate surface area is 53.3 Å². The van der Waals surface area contributed by atoms with E-state index in [0.29, 0.717) is 11.3 Å². The maximum atomic E-state index is 8.92. The van der Waals surface area contributed by atoms with Crippen molar-refractivity contribution in [3.63, 3.8) is 0 Å². The van der Waals surface area contributed by atoms with E-state index in [1.807, 2.05) is 0 Å². The summed E-state index contributed by atoms with van der Waals surface area (Å²) in [5.74, 6) is 0.0856. The van der Waals surface area contributed by atoms with Gasteiger partial charge in [0.25, 0.3) is 0 Å². The van der Waals surface area contributed by atoms with Crippen molar-refractivity contribution in [2.75, 3.05) is 0 Å². The number of hydrogen-bond acceptors (Lipinski definition) is 2. The molecule has 0 saturated carbocycles. The third-order valence-electron chi connectivity index (χ3n) is 1.09. The minimum absolute atomic E-state index is 0.0856. The topological polar surface area (TPSA) is 44.1 Å². The summed E-state index contributed by atoms with van der Waals surface area (Å²) in [4.78, 5) is 0. The number of allylic oxidation sites excluding steroid dienone is 3. The molecule has 0 heterocycles. The molecule has 0 radical (unpaired) electrons. The van der Waals surface area contributed by atoms with Crippen LogP contribution >= 0.6 is 0 Å². The zero-order chi connectivity index (χ0) is 6.85. The average molecular weight is 121 g/mol. The van der Waals surface area contributed by atoms with Crippen LogP contribution in [0.15, 0.2) is 36.1 Å². The highest BCUT2D eigenvalue weighted by Gasteiger charge is 2.01. The van der Waals surface area contributed by atoms with Gasteiger partial charge in [0.2, 0.25) is 0 Å². The molecule has 0 aromatic carbocycles. The monoisotopic (exact) mass is 121 g/mol. The molecule has 2 N–H and O–H groups in total. The van der Waals surface area contributed by atoms with Crippen LogP contribution in [0, 0.1) is 5.41 Å². The predicted octanol–water partition coefficient (Wildman–Crippen LogP) is 1.57. The van der Waals surface area contributed by atoms with Gasteiger partial charge in [-0.1, -0.05) is 6.58 Å². The number of nitrogens with one attached hydrogen (secondary N) is 1. The molecule has 0 fully saturated rings. The highest BCUT2D eigenvalue weighted by atomic mass is 16.3. The quantitative estimate of drug-likeness (QED) is 0.502. The molecular formula is C7H7NO. The Bertz CT molecular complexity index is 223. The molecule has 0 unspecified atom stereocenters. The molecule has 2 nitrogen and oxygen atoms in total. The maximum absolute atomic E-state index is 8.92. The van der Waals surface area contributed by atoms with Crippen LogP contribution in [-0.2, 0) is 0 Å². The Kier molecular flexibility index (Phi) is 1.23. The van der Waals surface area contributed by atoms with Crippen LogP contribution in [0.1, 0.15) is 0 Å². The molecule has 0 aromatic heterocycles. The summed E-state index contributed by atoms with van der Waals surface area (Å²) in [7, 11) is 0. The molecule has 0 bridgehead atoms. The molecule has 0 spiro atoms. The lowest BCUT2D eigenvalue weighted by molar-refractivity contribution is 0.427. The van der Waals surface area contributed by atoms with Crippen molar-refractivity contribution in [3.05, 3.63) is 36.1 Å². The van der Waals surface area contributed by atoms with Crippen LogP contribution in [-0.4, -0.2) is 10.8 Å². The van der Waals surface area contributed by atoms with E-state index in [-0.39, 0.29) is 5.76 Å². The molecule has 1 rings (SSSR count). The fourth-order valence-electron chi connectivity index (χ4n) is 0.564. The van der Waals surface area contributed by atoms with Crippen LogP contribution in [0.3, 0.4) is 0 Å². The number of hydrogen-bond donors (Lipinski definition) is 2. The maximum Gasteiger partial charge on any atom is 0.124 e. The van der Waals surface area contributed by atoms with E-state index in [2.05, 4.69) is 6.58 Å². The number of aliphatic hydroxyl groups excluding tert-OH is 1. The molecule has 46 valence electrons. The smallest absolute Gasteiger partial charge is 0.124 e. The summed E-state index contributed by atoms with van der Waals surface area (Å²) in [6.45, 7) is 3.53. The van der Waals surface area contributed by atoms with Gasteiger partial charge in [0.05, 0.1) is 5.71 Å². The first kappa shape index (κ1) is 5.82. The average Bonchev–Trinajstić information content (AvgIpc) is 1.80. The standard InChI is InChI=1S/C7H7NO/c1-5-2-3-6(8)4-7(5)9/h2-4,8-9H,1H2. The normalized spacial score (nSPS) is 18.0. The van der Waals surface area contributed by atoms with Gasteiger partial charge >= 0.3 is 0 Å². The van der Waals surface area contributed by atoms with Crippen molar-refractivity contribution < 1.29 is 5.11 Å². The summed E-state index contributed by atoms with van der Waals surface area (Å²) in [5, 5.41) is 16.0. The van der Waals surface area contributed by atoms with E-state index < -0.39 is 0 Å². The third-order valence-corrected chi connectivity index (χ3v) is 1.09. The van der Waals surface area contributed by atoms with E-state index in [4.69, 9.17) is 10.5 Å². The van der Waals surface area contributed by atoms with E-state index in [1.54, 1.807) is 12.2 Å². The van der Waals surface area contributed by atoms with Gasteiger partial charge in [0.1, 0.15) is 5.76 Å². The van der Waals surface area contributed by atoms with Crippen molar-refractivity contribution in [1.29, 1.82) is 5.41 Å². The van der Waals surface area contributed by atoms with E-state index in [0.717, 1.165) is 0 Å². The van der Waals surface area contributed by atoms with Crippen molar-refractivity contribution in [2.45, 2.75) is 0 Å². The number of rotatable bonds is 0. The minimum Gasteiger partial charge on any atom is -0.507 e. The van der Waals surface area contributed by atoms with Gasteiger partial charge in [0.15, 0.2) is 0 Å². The second kappa shape index (κ2) is 1.90. The first-order chi connectivity index (χ1) is 4.20. The summed E-state index contributed by atoms with van der Waals surface area (Å²) in [5.41, 5.74) is 0.867. The molecule has 0 atom stereocenters. The predicted molar refractivity (Wildman–Crippen MR) is 36.7 cm³/mol. The second-order valence-corrected chi connectivity index (χ2v) is 1.84. The highest BCUT2D eigenvalue weighted by molar-refractivity contribution is 6.04. The van der Waals surface area contributed by atoms with Gasteiger partial charge in [-0.05, 0) is 12.2 Å². The van der Waals surface area contributed by atoms with Gasteiger partial charge in [-0.15, -0.1) is 0 Å². The Morgan fingerprint density at radius 3 is 2.56 bits per heavy atom. The lowest BCUT2D eigenvalue weighted by Gasteiger charge is -2.02. The second-order valence-electron chi connectivity index (χ2n) is 1.84. The zero-order valence-electron chi connectivity index (χ0n) is 4.89. The third kappa shape index (κ3) is 1.08. The molecule has 0 saturated heterocycles. The van der Waals surface area contributed by atoms with Crippen LogP contribution < -0.4 is 0 Å². The molecule has 9 heavy (non-hydrogen) atoms. The summed E-state index contributed by atoms with van der Waals surface area (Å²) >= 11 is 0. The first-order valence-electron chi connectivity index (χ1n) is 2.57. The molecule has 0 amide bonds. The van der Waals surface area contributed by atoms with Crippen molar-refractivity contribution in [1.82, 2.24) is 0 Å². The fraction of sp³-hybridized carbons (Fsp3) is 0. The van der Waals surface area contributed by atoms with E-state index in [9.17, 15) is 0 Å². The van der Waals surface area contributed by atoms with Crippen molar-refractivity contribution >= 4 is 5.71 Å². The highest BCUT2D eigenvalue weighted by Crippen LogP contribution is 2.10. The lowest BCUT2D eigenvalue weighted by Crippen LogP contribution is -1.96. The van der Waals surface area contributed by atoms with Crippen LogP contribution in [0.5, 0.6) is 0 Å². The van der Waals surface area contributed by atoms with E-state index in [1.165, 1.54) is 6.08 Å². The largest absolute Gasteiger partial charge is 0.507 e. The molecule has 2 heteroatoms. The lowest BCUT2D eigenvalue weighted by atomic mass is 10.1. The van der Waals surface area contributed by atoms with Crippen LogP contribution in [0.2, 0.25) is 0 Å². The van der Waals surface area contributed by atoms with Gasteiger partial charge in [-0.3, -0.25) is 0 Å². The molecule has 1 aliphatic carbocycles. The number of aliphatic hydroxyl groups is 1. The van der Waals surface area contributed by atoms with E-state index >= 15 is 0 Å². The Morgan fingerprint density at radius 1 is 1.44 bits per heavy atom. The Hall–Kier alpha value is -1.31. The summed E-state index contributed by atoms with van der Waals surface area (Å²) < 4.78 is 0. The van der Waals surface area contributed by atoms with Crippen molar-refractivity contribution in [2.24, 2.45) is 0 Å². The molecular weight excluding hydrogens is 114 g/mol. The first-order valence-corrected chi connectivity index (χ1v) is 2.57. The van der Waals surface area contributed by atoms with Gasteiger partial charge in [-0.2, -0.15) is 0 Å². The van der Waals surface area contributed by atoms with Gasteiger partial charge in [0, 0.05) is 11.6 Å². The molecule has 0 aliphatic heterocycles.